The number of rotatable bonds is 5. The van der Waals surface area contributed by atoms with Crippen molar-refractivity contribution >= 4 is 18.1 Å². The molecule has 1 aromatic carbocycles. The topological polar surface area (TPSA) is 44.1 Å². The summed E-state index contributed by atoms with van der Waals surface area (Å²) in [6.45, 7) is 0.730. The van der Waals surface area contributed by atoms with Gasteiger partial charge >= 0.3 is 5.97 Å². The van der Waals surface area contributed by atoms with Crippen LogP contribution in [-0.4, -0.2) is 22.6 Å². The van der Waals surface area contributed by atoms with Gasteiger partial charge in [0.25, 0.3) is 0 Å². The van der Waals surface area contributed by atoms with Gasteiger partial charge in [0.2, 0.25) is 0 Å². The molecule has 0 saturated heterocycles. The van der Waals surface area contributed by atoms with E-state index in [1.54, 1.807) is 12.4 Å². The third-order valence-corrected chi connectivity index (χ3v) is 2.67. The number of allylic oxidation sites excluding steroid dienone is 1. The molecule has 20 heavy (non-hydrogen) atoms. The first kappa shape index (κ1) is 13.8. The first-order valence-electron chi connectivity index (χ1n) is 6.27. The van der Waals surface area contributed by atoms with Gasteiger partial charge in [-0.3, -0.25) is 0 Å². The maximum atomic E-state index is 11.0. The van der Waals surface area contributed by atoms with Crippen LogP contribution in [0.3, 0.4) is 0 Å². The van der Waals surface area contributed by atoms with E-state index in [0.29, 0.717) is 0 Å². The first-order valence-corrected chi connectivity index (χ1v) is 6.27. The van der Waals surface area contributed by atoms with E-state index in [1.807, 2.05) is 29.0 Å². The first-order chi connectivity index (χ1) is 9.78. The second-order valence-corrected chi connectivity index (χ2v) is 4.16. The predicted octanol–water partition coefficient (Wildman–Crippen LogP) is 2.78. The van der Waals surface area contributed by atoms with Gasteiger partial charge < -0.3 is 9.30 Å². The Labute approximate surface area is 118 Å². The molecule has 2 aromatic rings. The molecule has 0 radical (unpaired) electrons. The average Bonchev–Trinajstić information content (AvgIpc) is 2.94. The second-order valence-electron chi connectivity index (χ2n) is 4.16. The van der Waals surface area contributed by atoms with E-state index in [1.165, 1.54) is 18.7 Å². The summed E-state index contributed by atoms with van der Waals surface area (Å²) in [5.74, 6) is -0.386. The smallest absolute Gasteiger partial charge is 0.330 e. The largest absolute Gasteiger partial charge is 0.466 e. The molecule has 0 bridgehead atoms. The number of aromatic nitrogens is 2. The molecule has 4 nitrogen and oxygen atoms in total. The summed E-state index contributed by atoms with van der Waals surface area (Å²) in [6.07, 6.45) is 10.7. The summed E-state index contributed by atoms with van der Waals surface area (Å²) < 4.78 is 6.46. The van der Waals surface area contributed by atoms with Crippen LogP contribution in [0.2, 0.25) is 0 Å². The summed E-state index contributed by atoms with van der Waals surface area (Å²) in [7, 11) is 1.35. The summed E-state index contributed by atoms with van der Waals surface area (Å²) in [6, 6.07) is 10.1. The highest BCUT2D eigenvalue weighted by Gasteiger charge is 1.95. The van der Waals surface area contributed by atoms with Crippen molar-refractivity contribution < 1.29 is 9.53 Å². The van der Waals surface area contributed by atoms with Crippen LogP contribution in [0.15, 0.2) is 55.0 Å². The number of benzene rings is 1. The van der Waals surface area contributed by atoms with Gasteiger partial charge in [-0.1, -0.05) is 42.5 Å². The van der Waals surface area contributed by atoms with E-state index in [2.05, 4.69) is 34.0 Å². The highest BCUT2D eigenvalue weighted by atomic mass is 16.5. The van der Waals surface area contributed by atoms with Crippen molar-refractivity contribution in [2.75, 3.05) is 7.11 Å². The van der Waals surface area contributed by atoms with Crippen LogP contribution in [0.4, 0.5) is 0 Å². The Bertz CT molecular complexity index is 612. The second kappa shape index (κ2) is 7.09. The van der Waals surface area contributed by atoms with Crippen molar-refractivity contribution in [2.45, 2.75) is 6.54 Å². The van der Waals surface area contributed by atoms with E-state index < -0.39 is 0 Å². The molecular formula is C16H16N2O2. The fourth-order valence-corrected chi connectivity index (χ4v) is 1.66. The number of esters is 1. The molecule has 0 fully saturated rings. The van der Waals surface area contributed by atoms with Crippen molar-refractivity contribution in [2.24, 2.45) is 0 Å². The van der Waals surface area contributed by atoms with E-state index in [9.17, 15) is 4.79 Å². The molecule has 2 rings (SSSR count). The van der Waals surface area contributed by atoms with Gasteiger partial charge in [-0.25, -0.2) is 9.78 Å². The lowest BCUT2D eigenvalue weighted by atomic mass is 10.2. The number of methoxy groups -OCH3 is 1. The fourth-order valence-electron chi connectivity index (χ4n) is 1.66. The van der Waals surface area contributed by atoms with Gasteiger partial charge in [0.1, 0.15) is 0 Å². The van der Waals surface area contributed by atoms with Crippen molar-refractivity contribution in [1.29, 1.82) is 0 Å². The Hall–Kier alpha value is -2.62. The molecule has 102 valence electrons. The summed E-state index contributed by atoms with van der Waals surface area (Å²) in [5.41, 5.74) is 1.89. The Morgan fingerprint density at radius 3 is 2.85 bits per heavy atom. The van der Waals surface area contributed by atoms with Crippen LogP contribution in [-0.2, 0) is 16.1 Å². The molecule has 0 aliphatic carbocycles. The molecule has 1 heterocycles. The lowest BCUT2D eigenvalue weighted by molar-refractivity contribution is -0.134. The Morgan fingerprint density at radius 1 is 1.30 bits per heavy atom. The number of imidazole rings is 1. The SMILES string of the molecule is COC(=O)C=Cc1cn(CC=Cc2ccccc2)cn1. The molecule has 0 amide bonds. The van der Waals surface area contributed by atoms with Gasteiger partial charge in [-0.2, -0.15) is 0 Å². The number of ether oxygens (including phenoxy) is 1. The molecule has 0 saturated carbocycles. The fraction of sp³-hybridized carbons (Fsp3) is 0.125. The summed E-state index contributed by atoms with van der Waals surface area (Å²) in [5, 5.41) is 0. The van der Waals surface area contributed by atoms with Crippen LogP contribution < -0.4 is 0 Å². The molecule has 0 aliphatic rings. The molecule has 4 heteroatoms. The molecule has 0 N–H and O–H groups in total. The van der Waals surface area contributed by atoms with Crippen molar-refractivity contribution in [1.82, 2.24) is 9.55 Å². The van der Waals surface area contributed by atoms with Gasteiger partial charge in [-0.15, -0.1) is 0 Å². The van der Waals surface area contributed by atoms with Crippen LogP contribution in [0, 0.1) is 0 Å². The maximum Gasteiger partial charge on any atom is 0.330 e. The number of carbonyl (C=O) groups excluding carboxylic acids is 1. The molecule has 0 aliphatic heterocycles. The minimum Gasteiger partial charge on any atom is -0.466 e. The quantitative estimate of drug-likeness (QED) is 0.618. The van der Waals surface area contributed by atoms with Gasteiger partial charge in [0.05, 0.1) is 19.1 Å². The Morgan fingerprint density at radius 2 is 2.10 bits per heavy atom. The van der Waals surface area contributed by atoms with Crippen LogP contribution in [0.25, 0.3) is 12.2 Å². The lowest BCUT2D eigenvalue weighted by Crippen LogP contribution is -1.93. The lowest BCUT2D eigenvalue weighted by Gasteiger charge is -1.95. The van der Waals surface area contributed by atoms with Crippen LogP contribution in [0.1, 0.15) is 11.3 Å². The van der Waals surface area contributed by atoms with Crippen molar-refractivity contribution in [3.8, 4) is 0 Å². The number of hydrogen-bond donors (Lipinski definition) is 0. The molecular weight excluding hydrogens is 252 g/mol. The third kappa shape index (κ3) is 4.24. The zero-order valence-electron chi connectivity index (χ0n) is 11.3. The van der Waals surface area contributed by atoms with Gasteiger partial charge in [0, 0.05) is 18.8 Å². The van der Waals surface area contributed by atoms with E-state index in [-0.39, 0.29) is 5.97 Å². The minimum atomic E-state index is -0.386. The monoisotopic (exact) mass is 268 g/mol. The Kier molecular flexibility index (Phi) is 4.89. The summed E-state index contributed by atoms with van der Waals surface area (Å²) in [4.78, 5) is 15.1. The standard InChI is InChI=1S/C16H16N2O2/c1-20-16(19)10-9-15-12-18(13-17-15)11-5-8-14-6-3-2-4-7-14/h2-10,12-13H,11H2,1H3. The van der Waals surface area contributed by atoms with E-state index in [0.717, 1.165) is 12.2 Å². The maximum absolute atomic E-state index is 11.0. The zero-order chi connectivity index (χ0) is 14.2. The molecule has 0 unspecified atom stereocenters. The summed E-state index contributed by atoms with van der Waals surface area (Å²) >= 11 is 0. The van der Waals surface area contributed by atoms with Gasteiger partial charge in [0.15, 0.2) is 0 Å². The Balaban J connectivity index is 1.91. The highest BCUT2D eigenvalue weighted by Crippen LogP contribution is 2.03. The van der Waals surface area contributed by atoms with E-state index in [4.69, 9.17) is 0 Å². The minimum absolute atomic E-state index is 0.386. The van der Waals surface area contributed by atoms with Crippen LogP contribution >= 0.6 is 0 Å². The van der Waals surface area contributed by atoms with Crippen molar-refractivity contribution in [3.05, 3.63) is 66.3 Å². The number of hydrogen-bond acceptors (Lipinski definition) is 3. The van der Waals surface area contributed by atoms with Gasteiger partial charge in [-0.05, 0) is 11.6 Å². The molecule has 0 spiro atoms. The number of nitrogens with zero attached hydrogens (tertiary/aromatic N) is 2. The predicted molar refractivity (Wildman–Crippen MR) is 78.8 cm³/mol. The van der Waals surface area contributed by atoms with Crippen molar-refractivity contribution in [3.63, 3.8) is 0 Å². The normalized spacial score (nSPS) is 11.2. The third-order valence-electron chi connectivity index (χ3n) is 2.67. The van der Waals surface area contributed by atoms with E-state index >= 15 is 0 Å². The molecule has 0 atom stereocenters. The average molecular weight is 268 g/mol. The molecule has 1 aromatic heterocycles. The highest BCUT2D eigenvalue weighted by molar-refractivity contribution is 5.86. The van der Waals surface area contributed by atoms with Crippen LogP contribution in [0.5, 0.6) is 0 Å². The number of carbonyl (C=O) groups is 1. The zero-order valence-corrected chi connectivity index (χ0v) is 11.3.